The number of carbonyl (C=O) groups is 1. The fourth-order valence-corrected chi connectivity index (χ4v) is 4.85. The molecule has 13 nitrogen and oxygen atoms in total. The van der Waals surface area contributed by atoms with Crippen LogP contribution in [0.25, 0.3) is 0 Å². The molecule has 4 saturated carbocycles. The molecule has 124 valence electrons. The van der Waals surface area contributed by atoms with Crippen molar-refractivity contribution in [1.29, 1.82) is 0 Å². The van der Waals surface area contributed by atoms with Crippen LogP contribution in [0.4, 0.5) is 0 Å². The van der Waals surface area contributed by atoms with Crippen LogP contribution < -0.4 is 0 Å². The summed E-state index contributed by atoms with van der Waals surface area (Å²) >= 11 is 0. The maximum absolute atomic E-state index is 12.2. The molecule has 4 bridgehead atoms. The van der Waals surface area contributed by atoms with Crippen LogP contribution >= 0.6 is 0 Å². The van der Waals surface area contributed by atoms with Crippen LogP contribution in [0.3, 0.4) is 0 Å². The molecule has 0 spiro atoms. The summed E-state index contributed by atoms with van der Waals surface area (Å²) in [4.78, 5) is 53.0. The number of ketones is 1. The third kappa shape index (κ3) is 1.35. The first-order valence-corrected chi connectivity index (χ1v) is 6.74. The SMILES string of the molecule is O=C1C2CC3CC1C([N+](=O)[O-])([N+](=O)[O-])C(C2)C3([N+](=O)[O-])[N+](=O)[O-]. The largest absolute Gasteiger partial charge is 0.485 e. The van der Waals surface area contributed by atoms with E-state index in [0.717, 1.165) is 0 Å². The van der Waals surface area contributed by atoms with Gasteiger partial charge >= 0.3 is 11.3 Å². The summed E-state index contributed by atoms with van der Waals surface area (Å²) in [7, 11) is 0. The number of nitrogens with zero attached hydrogens (tertiary/aromatic N) is 4. The molecule has 4 aliphatic carbocycles. The Morgan fingerprint density at radius 3 is 1.70 bits per heavy atom. The Balaban J connectivity index is 2.33. The summed E-state index contributed by atoms with van der Waals surface area (Å²) < 4.78 is 0. The van der Waals surface area contributed by atoms with Crippen molar-refractivity contribution in [2.24, 2.45) is 23.7 Å². The number of rotatable bonds is 4. The molecule has 0 N–H and O–H groups in total. The van der Waals surface area contributed by atoms with Gasteiger partial charge in [-0.15, -0.1) is 0 Å². The van der Waals surface area contributed by atoms with Crippen LogP contribution in [-0.4, -0.2) is 36.8 Å². The van der Waals surface area contributed by atoms with Crippen LogP contribution in [0, 0.1) is 64.1 Å². The van der Waals surface area contributed by atoms with Gasteiger partial charge in [0.1, 0.15) is 15.8 Å². The maximum atomic E-state index is 12.2. The molecular weight excluding hydrogens is 320 g/mol. The van der Waals surface area contributed by atoms with Gasteiger partial charge in [0.15, 0.2) is 11.7 Å². The predicted molar refractivity (Wildman–Crippen MR) is 66.3 cm³/mol. The minimum Gasteiger partial charge on any atom is -0.298 e. The second-order valence-corrected chi connectivity index (χ2v) is 6.20. The number of nitro groups is 4. The van der Waals surface area contributed by atoms with Gasteiger partial charge in [-0.05, 0) is 19.3 Å². The quantitative estimate of drug-likeness (QED) is 0.379. The lowest BCUT2D eigenvalue weighted by Gasteiger charge is -2.51. The van der Waals surface area contributed by atoms with Crippen molar-refractivity contribution >= 4 is 5.78 Å². The average Bonchev–Trinajstić information content (AvgIpc) is 2.41. The van der Waals surface area contributed by atoms with Crippen molar-refractivity contribution in [2.45, 2.75) is 30.6 Å². The number of hydrogen-bond acceptors (Lipinski definition) is 9. The Labute approximate surface area is 126 Å². The molecule has 0 aromatic rings. The highest BCUT2D eigenvalue weighted by molar-refractivity contribution is 5.86. The molecule has 4 rings (SSSR count). The maximum Gasteiger partial charge on any atom is 0.485 e. The second kappa shape index (κ2) is 4.17. The van der Waals surface area contributed by atoms with Crippen molar-refractivity contribution in [3.63, 3.8) is 0 Å². The zero-order chi connectivity index (χ0) is 17.3. The van der Waals surface area contributed by atoms with E-state index in [0.29, 0.717) is 0 Å². The Bertz CT molecular complexity index is 647. The number of carbonyl (C=O) groups excluding carboxylic acids is 1. The Kier molecular flexibility index (Phi) is 2.75. The van der Waals surface area contributed by atoms with Crippen LogP contribution in [-0.2, 0) is 4.79 Å². The monoisotopic (exact) mass is 330 g/mol. The summed E-state index contributed by atoms with van der Waals surface area (Å²) in [5.41, 5.74) is -6.22. The van der Waals surface area contributed by atoms with Gasteiger partial charge in [0, 0.05) is 5.92 Å². The van der Waals surface area contributed by atoms with Gasteiger partial charge in [-0.25, -0.2) is 0 Å². The Hall–Kier alpha value is -2.73. The van der Waals surface area contributed by atoms with E-state index >= 15 is 0 Å². The van der Waals surface area contributed by atoms with Crippen LogP contribution in [0.2, 0.25) is 0 Å². The van der Waals surface area contributed by atoms with E-state index in [-0.39, 0.29) is 6.42 Å². The first-order chi connectivity index (χ1) is 10.6. The zero-order valence-electron chi connectivity index (χ0n) is 11.4. The summed E-state index contributed by atoms with van der Waals surface area (Å²) in [6.45, 7) is 0. The van der Waals surface area contributed by atoms with Crippen molar-refractivity contribution in [1.82, 2.24) is 0 Å². The van der Waals surface area contributed by atoms with E-state index in [1.807, 2.05) is 0 Å². The molecule has 0 aromatic carbocycles. The molecule has 4 unspecified atom stereocenters. The number of Topliss-reactive ketones (excluding diaryl/α,β-unsaturated/α-hetero) is 1. The van der Waals surface area contributed by atoms with Gasteiger partial charge in [-0.2, -0.15) is 0 Å². The lowest BCUT2D eigenvalue weighted by Crippen LogP contribution is -2.80. The summed E-state index contributed by atoms with van der Waals surface area (Å²) in [5, 5.41) is 46.0. The van der Waals surface area contributed by atoms with E-state index in [1.165, 1.54) is 0 Å². The van der Waals surface area contributed by atoms with Crippen molar-refractivity contribution in [2.75, 3.05) is 0 Å². The summed E-state index contributed by atoms with van der Waals surface area (Å²) in [6.07, 6.45) is -1.31. The molecule has 0 saturated heterocycles. The fraction of sp³-hybridized carbons (Fsp3) is 0.900. The highest BCUT2D eigenvalue weighted by Crippen LogP contribution is 2.63. The molecular formula is C10H10N4O9. The standard InChI is InChI=1S/C10H10N4O9/c15-8-4-1-5-3-6(8)10(13(20)21,14(22)23)7(2-4)9(5,11(16)17)12(18)19/h4-7H,1-3H2. The van der Waals surface area contributed by atoms with Gasteiger partial charge in [0.2, 0.25) is 5.92 Å². The molecule has 13 heteroatoms. The van der Waals surface area contributed by atoms with Crippen molar-refractivity contribution < 1.29 is 24.5 Å². The highest BCUT2D eigenvalue weighted by Gasteiger charge is 2.93. The van der Waals surface area contributed by atoms with Gasteiger partial charge < -0.3 is 0 Å². The smallest absolute Gasteiger partial charge is 0.298 e. The second-order valence-electron chi connectivity index (χ2n) is 6.20. The van der Waals surface area contributed by atoms with E-state index in [4.69, 9.17) is 0 Å². The third-order valence-corrected chi connectivity index (χ3v) is 5.66. The minimum absolute atomic E-state index is 0.140. The molecule has 0 aromatic heterocycles. The Morgan fingerprint density at radius 1 is 0.783 bits per heavy atom. The van der Waals surface area contributed by atoms with E-state index in [9.17, 15) is 45.3 Å². The molecule has 0 amide bonds. The van der Waals surface area contributed by atoms with Gasteiger partial charge in [-0.3, -0.25) is 45.3 Å². The predicted octanol–water partition coefficient (Wildman–Crippen LogP) is -0.269. The molecule has 0 aliphatic heterocycles. The lowest BCUT2D eigenvalue weighted by atomic mass is 9.46. The molecule has 4 fully saturated rings. The van der Waals surface area contributed by atoms with Crippen LogP contribution in [0.1, 0.15) is 19.3 Å². The molecule has 23 heavy (non-hydrogen) atoms. The third-order valence-electron chi connectivity index (χ3n) is 5.66. The molecule has 0 radical (unpaired) electrons. The molecule has 0 heterocycles. The van der Waals surface area contributed by atoms with Crippen molar-refractivity contribution in [3.8, 4) is 0 Å². The highest BCUT2D eigenvalue weighted by atomic mass is 16.7. The normalized spacial score (nSPS) is 35.7. The van der Waals surface area contributed by atoms with Crippen LogP contribution in [0.5, 0.6) is 0 Å². The zero-order valence-corrected chi connectivity index (χ0v) is 11.4. The Morgan fingerprint density at radius 2 is 1.26 bits per heavy atom. The average molecular weight is 330 g/mol. The van der Waals surface area contributed by atoms with Gasteiger partial charge in [-0.1, -0.05) is 0 Å². The fourth-order valence-electron chi connectivity index (χ4n) is 4.85. The van der Waals surface area contributed by atoms with Gasteiger partial charge in [0.05, 0.1) is 9.85 Å². The van der Waals surface area contributed by atoms with E-state index in [2.05, 4.69) is 0 Å². The van der Waals surface area contributed by atoms with Crippen molar-refractivity contribution in [3.05, 3.63) is 40.5 Å². The molecule has 4 atom stereocenters. The summed E-state index contributed by atoms with van der Waals surface area (Å²) in [5.74, 6) is -6.48. The first-order valence-electron chi connectivity index (χ1n) is 6.74. The van der Waals surface area contributed by atoms with E-state index in [1.54, 1.807) is 0 Å². The van der Waals surface area contributed by atoms with Gasteiger partial charge in [0.25, 0.3) is 0 Å². The summed E-state index contributed by atoms with van der Waals surface area (Å²) in [6, 6.07) is 0. The minimum atomic E-state index is -3.22. The molecule has 4 aliphatic rings. The van der Waals surface area contributed by atoms with E-state index < -0.39 is 73.3 Å². The number of hydrogen-bond donors (Lipinski definition) is 0. The van der Waals surface area contributed by atoms with Crippen LogP contribution in [0.15, 0.2) is 0 Å². The topological polar surface area (TPSA) is 190 Å². The first kappa shape index (κ1) is 15.2. The lowest BCUT2D eigenvalue weighted by molar-refractivity contribution is -0.884.